The van der Waals surface area contributed by atoms with Crippen molar-refractivity contribution in [2.75, 3.05) is 6.54 Å². The molecule has 2 rings (SSSR count). The summed E-state index contributed by atoms with van der Waals surface area (Å²) in [6.45, 7) is 6.07. The van der Waals surface area contributed by atoms with Crippen LogP contribution in [0.5, 0.6) is 0 Å². The number of nitrogens with one attached hydrogen (secondary N) is 1. The first-order valence-corrected chi connectivity index (χ1v) is 8.58. The molecule has 6 nitrogen and oxygen atoms in total. The Morgan fingerprint density at radius 1 is 1.48 bits per heavy atom. The number of hydrogen-bond acceptors (Lipinski definition) is 3. The van der Waals surface area contributed by atoms with E-state index < -0.39 is 16.0 Å². The molecule has 21 heavy (non-hydrogen) atoms. The highest BCUT2D eigenvalue weighted by molar-refractivity contribution is 7.89. The molecule has 0 radical (unpaired) electrons. The minimum absolute atomic E-state index is 0.0107. The van der Waals surface area contributed by atoms with Gasteiger partial charge in [0.05, 0.1) is 0 Å². The molecule has 2 N–H and O–H groups in total. The maximum Gasteiger partial charge on any atom is 0.352 e. The van der Waals surface area contributed by atoms with E-state index in [1.165, 1.54) is 16.8 Å². The van der Waals surface area contributed by atoms with Gasteiger partial charge in [0.15, 0.2) is 0 Å². The Bertz CT molecular complexity index is 642. The smallest absolute Gasteiger partial charge is 0.352 e. The number of rotatable bonds is 6. The van der Waals surface area contributed by atoms with E-state index in [0.29, 0.717) is 6.54 Å². The number of carboxylic acids is 1. The van der Waals surface area contributed by atoms with Gasteiger partial charge in [-0.15, -0.1) is 0 Å². The first kappa shape index (κ1) is 16.0. The van der Waals surface area contributed by atoms with Crippen molar-refractivity contribution in [3.8, 4) is 0 Å². The quantitative estimate of drug-likeness (QED) is 0.843. The molecular weight excluding hydrogens is 292 g/mol. The van der Waals surface area contributed by atoms with Crippen LogP contribution in [-0.2, 0) is 10.0 Å². The maximum absolute atomic E-state index is 12.3. The van der Waals surface area contributed by atoms with E-state index in [-0.39, 0.29) is 22.0 Å². The van der Waals surface area contributed by atoms with Crippen molar-refractivity contribution >= 4 is 16.0 Å². The van der Waals surface area contributed by atoms with Crippen LogP contribution in [0.3, 0.4) is 0 Å². The van der Waals surface area contributed by atoms with Crippen LogP contribution in [0.1, 0.15) is 56.6 Å². The van der Waals surface area contributed by atoms with E-state index in [1.807, 2.05) is 13.8 Å². The lowest BCUT2D eigenvalue weighted by atomic mass is 9.71. The number of carboxylic acid groups (broad SMARTS) is 1. The van der Waals surface area contributed by atoms with Gasteiger partial charge >= 0.3 is 5.97 Å². The van der Waals surface area contributed by atoms with E-state index in [0.717, 1.165) is 19.3 Å². The summed E-state index contributed by atoms with van der Waals surface area (Å²) < 4.78 is 28.7. The van der Waals surface area contributed by atoms with Crippen molar-refractivity contribution < 1.29 is 18.3 Å². The molecule has 0 spiro atoms. The van der Waals surface area contributed by atoms with Crippen molar-refractivity contribution in [3.05, 3.63) is 18.0 Å². The number of nitrogens with zero attached hydrogens (tertiary/aromatic N) is 1. The molecule has 0 aliphatic heterocycles. The second-order valence-corrected chi connectivity index (χ2v) is 8.12. The third-order valence-electron chi connectivity index (χ3n) is 4.16. The van der Waals surface area contributed by atoms with Gasteiger partial charge in [-0.3, -0.25) is 0 Å². The monoisotopic (exact) mass is 314 g/mol. The van der Waals surface area contributed by atoms with Crippen molar-refractivity contribution in [2.24, 2.45) is 5.41 Å². The van der Waals surface area contributed by atoms with Crippen LogP contribution in [-0.4, -0.2) is 30.6 Å². The topological polar surface area (TPSA) is 88.4 Å². The largest absolute Gasteiger partial charge is 0.477 e. The van der Waals surface area contributed by atoms with E-state index in [9.17, 15) is 13.2 Å². The zero-order valence-electron chi connectivity index (χ0n) is 12.6. The van der Waals surface area contributed by atoms with Gasteiger partial charge in [0.1, 0.15) is 10.6 Å². The van der Waals surface area contributed by atoms with Crippen LogP contribution in [0.2, 0.25) is 0 Å². The lowest BCUT2D eigenvalue weighted by Gasteiger charge is -2.38. The standard InChI is InChI=1S/C14H22N2O4S/c1-10(2)16-8-11(7-12(16)13(17)18)21(19,20)15-9-14(3)5-4-6-14/h7-8,10,15H,4-6,9H2,1-3H3,(H,17,18). The maximum atomic E-state index is 12.3. The number of carbonyl (C=O) groups is 1. The Morgan fingerprint density at radius 3 is 2.48 bits per heavy atom. The molecule has 0 saturated heterocycles. The summed E-state index contributed by atoms with van der Waals surface area (Å²) in [6.07, 6.45) is 4.55. The first-order valence-electron chi connectivity index (χ1n) is 7.09. The van der Waals surface area contributed by atoms with Gasteiger partial charge in [-0.05, 0) is 38.2 Å². The van der Waals surface area contributed by atoms with Gasteiger partial charge in [0.2, 0.25) is 10.0 Å². The van der Waals surface area contributed by atoms with Crippen LogP contribution in [0.25, 0.3) is 0 Å². The summed E-state index contributed by atoms with van der Waals surface area (Å²) in [5.41, 5.74) is 0.0174. The third kappa shape index (κ3) is 3.29. The predicted octanol–water partition coefficient (Wildman–Crippen LogP) is 2.24. The highest BCUT2D eigenvalue weighted by atomic mass is 32.2. The number of aromatic nitrogens is 1. The van der Waals surface area contributed by atoms with Gasteiger partial charge in [0.25, 0.3) is 0 Å². The zero-order valence-corrected chi connectivity index (χ0v) is 13.4. The van der Waals surface area contributed by atoms with E-state index in [2.05, 4.69) is 11.6 Å². The molecule has 1 aromatic heterocycles. The molecule has 1 saturated carbocycles. The Kier molecular flexibility index (Phi) is 4.17. The molecule has 1 aliphatic carbocycles. The van der Waals surface area contributed by atoms with Crippen molar-refractivity contribution in [3.63, 3.8) is 0 Å². The average Bonchev–Trinajstić information content (AvgIpc) is 2.80. The normalized spacial score (nSPS) is 17.7. The fourth-order valence-corrected chi connectivity index (χ4v) is 3.73. The number of hydrogen-bond donors (Lipinski definition) is 2. The van der Waals surface area contributed by atoms with Gasteiger partial charge in [-0.25, -0.2) is 17.9 Å². The molecule has 1 aliphatic rings. The van der Waals surface area contributed by atoms with Gasteiger partial charge in [0, 0.05) is 18.8 Å². The van der Waals surface area contributed by atoms with E-state index in [4.69, 9.17) is 5.11 Å². The molecule has 1 fully saturated rings. The Labute approximate surface area is 125 Å². The van der Waals surface area contributed by atoms with Gasteiger partial charge < -0.3 is 9.67 Å². The summed E-state index contributed by atoms with van der Waals surface area (Å²) in [5.74, 6) is -1.13. The lowest BCUT2D eigenvalue weighted by Crippen LogP contribution is -2.39. The summed E-state index contributed by atoms with van der Waals surface area (Å²) in [4.78, 5) is 11.2. The van der Waals surface area contributed by atoms with Crippen LogP contribution in [0, 0.1) is 5.41 Å². The second-order valence-electron chi connectivity index (χ2n) is 6.36. The Balaban J connectivity index is 2.23. The average molecular weight is 314 g/mol. The van der Waals surface area contributed by atoms with Crippen molar-refractivity contribution in [1.29, 1.82) is 0 Å². The van der Waals surface area contributed by atoms with Gasteiger partial charge in [-0.2, -0.15) is 0 Å². The fraction of sp³-hybridized carbons (Fsp3) is 0.643. The molecule has 0 amide bonds. The summed E-state index contributed by atoms with van der Waals surface area (Å²) in [5, 5.41) is 9.16. The zero-order chi connectivity index (χ0) is 15.8. The Hall–Kier alpha value is -1.34. The van der Waals surface area contributed by atoms with Crippen LogP contribution < -0.4 is 4.72 Å². The molecule has 0 unspecified atom stereocenters. The molecular formula is C14H22N2O4S. The van der Waals surface area contributed by atoms with E-state index >= 15 is 0 Å². The van der Waals surface area contributed by atoms with Crippen LogP contribution in [0.15, 0.2) is 17.2 Å². The molecule has 0 bridgehead atoms. The van der Waals surface area contributed by atoms with Crippen LogP contribution >= 0.6 is 0 Å². The SMILES string of the molecule is CC(C)n1cc(S(=O)(=O)NCC2(C)CCC2)cc1C(=O)O. The van der Waals surface area contributed by atoms with Crippen molar-refractivity contribution in [2.45, 2.75) is 51.0 Å². The third-order valence-corrected chi connectivity index (χ3v) is 5.53. The Morgan fingerprint density at radius 2 is 2.10 bits per heavy atom. The molecule has 0 atom stereocenters. The molecule has 118 valence electrons. The minimum atomic E-state index is -3.67. The fourth-order valence-electron chi connectivity index (χ4n) is 2.51. The lowest BCUT2D eigenvalue weighted by molar-refractivity contribution is 0.0683. The van der Waals surface area contributed by atoms with Crippen molar-refractivity contribution in [1.82, 2.24) is 9.29 Å². The second kappa shape index (κ2) is 5.46. The van der Waals surface area contributed by atoms with E-state index in [1.54, 1.807) is 0 Å². The summed E-state index contributed by atoms with van der Waals surface area (Å²) in [6, 6.07) is 1.09. The minimum Gasteiger partial charge on any atom is -0.477 e. The summed E-state index contributed by atoms with van der Waals surface area (Å²) >= 11 is 0. The molecule has 7 heteroatoms. The molecule has 1 heterocycles. The first-order chi connectivity index (χ1) is 9.65. The highest BCUT2D eigenvalue weighted by Gasteiger charge is 2.33. The predicted molar refractivity (Wildman–Crippen MR) is 78.9 cm³/mol. The van der Waals surface area contributed by atoms with Gasteiger partial charge in [-0.1, -0.05) is 13.3 Å². The van der Waals surface area contributed by atoms with Crippen LogP contribution in [0.4, 0.5) is 0 Å². The molecule has 1 aromatic rings. The number of aromatic carboxylic acids is 1. The summed E-state index contributed by atoms with van der Waals surface area (Å²) in [7, 11) is -3.67. The highest BCUT2D eigenvalue weighted by Crippen LogP contribution is 2.39. The molecule has 0 aromatic carbocycles. The number of sulfonamides is 1.